The van der Waals surface area contributed by atoms with Crippen LogP contribution in [0.1, 0.15) is 47.0 Å². The van der Waals surface area contributed by atoms with Gasteiger partial charge in [0.1, 0.15) is 5.76 Å². The molecule has 0 heterocycles. The summed E-state index contributed by atoms with van der Waals surface area (Å²) in [5.74, 6) is 0.721. The zero-order valence-electron chi connectivity index (χ0n) is 8.94. The maximum absolute atomic E-state index is 10.8. The lowest BCUT2D eigenvalue weighted by atomic mass is 9.86. The van der Waals surface area contributed by atoms with Crippen LogP contribution in [0.3, 0.4) is 0 Å². The van der Waals surface area contributed by atoms with E-state index >= 15 is 0 Å². The van der Waals surface area contributed by atoms with Crippen molar-refractivity contribution in [2.75, 3.05) is 0 Å². The second kappa shape index (κ2) is 3.52. The molecule has 0 aliphatic heterocycles. The topological polar surface area (TPSA) is 26.3 Å². The van der Waals surface area contributed by atoms with Gasteiger partial charge < -0.3 is 4.74 Å². The minimum atomic E-state index is -0.196. The molecule has 2 heteroatoms. The molecule has 0 N–H and O–H groups in total. The van der Waals surface area contributed by atoms with Crippen molar-refractivity contribution >= 4 is 5.97 Å². The normalized spacial score (nSPS) is 17.8. The Morgan fingerprint density at radius 2 is 1.92 bits per heavy atom. The molecule has 0 unspecified atom stereocenters. The molecule has 13 heavy (non-hydrogen) atoms. The molecule has 0 radical (unpaired) electrons. The fourth-order valence-electron chi connectivity index (χ4n) is 1.80. The van der Waals surface area contributed by atoms with Gasteiger partial charge in [-0.3, -0.25) is 4.79 Å². The number of carbonyl (C=O) groups is 1. The molecule has 0 bridgehead atoms. The van der Waals surface area contributed by atoms with Gasteiger partial charge in [-0.1, -0.05) is 20.8 Å². The van der Waals surface area contributed by atoms with Crippen LogP contribution in [0, 0.1) is 5.41 Å². The van der Waals surface area contributed by atoms with E-state index < -0.39 is 0 Å². The molecule has 0 saturated carbocycles. The van der Waals surface area contributed by atoms with Crippen LogP contribution in [-0.4, -0.2) is 5.97 Å². The predicted octanol–water partition coefficient (Wildman–Crippen LogP) is 3.03. The molecule has 1 aliphatic carbocycles. The maximum Gasteiger partial charge on any atom is 0.307 e. The zero-order valence-corrected chi connectivity index (χ0v) is 8.94. The van der Waals surface area contributed by atoms with Crippen LogP contribution in [0.25, 0.3) is 0 Å². The molecule has 0 amide bonds. The van der Waals surface area contributed by atoms with E-state index in [0.717, 1.165) is 25.0 Å². The first-order valence-corrected chi connectivity index (χ1v) is 4.82. The summed E-state index contributed by atoms with van der Waals surface area (Å²) < 4.78 is 5.19. The fourth-order valence-corrected chi connectivity index (χ4v) is 1.80. The van der Waals surface area contributed by atoms with Crippen molar-refractivity contribution in [1.82, 2.24) is 0 Å². The van der Waals surface area contributed by atoms with Gasteiger partial charge in [0.05, 0.1) is 0 Å². The molecule has 0 aromatic heterocycles. The van der Waals surface area contributed by atoms with Crippen LogP contribution < -0.4 is 0 Å². The Hall–Kier alpha value is -0.790. The summed E-state index contributed by atoms with van der Waals surface area (Å²) in [5.41, 5.74) is 1.45. The Morgan fingerprint density at radius 1 is 1.31 bits per heavy atom. The molecule has 1 rings (SSSR count). The van der Waals surface area contributed by atoms with Crippen molar-refractivity contribution in [2.24, 2.45) is 5.41 Å². The van der Waals surface area contributed by atoms with Gasteiger partial charge >= 0.3 is 5.97 Å². The van der Waals surface area contributed by atoms with Crippen LogP contribution in [0.15, 0.2) is 11.3 Å². The van der Waals surface area contributed by atoms with Gasteiger partial charge in [0, 0.05) is 13.3 Å². The van der Waals surface area contributed by atoms with E-state index in [1.54, 1.807) is 0 Å². The van der Waals surface area contributed by atoms with Crippen molar-refractivity contribution in [3.05, 3.63) is 11.3 Å². The Kier molecular flexibility index (Phi) is 2.79. The first kappa shape index (κ1) is 10.3. The summed E-state index contributed by atoms with van der Waals surface area (Å²) in [4.78, 5) is 10.8. The third kappa shape index (κ3) is 2.58. The minimum absolute atomic E-state index is 0.140. The number of allylic oxidation sites excluding steroid dienone is 2. The van der Waals surface area contributed by atoms with Crippen LogP contribution >= 0.6 is 0 Å². The summed E-state index contributed by atoms with van der Waals surface area (Å²) in [6.07, 6.45) is 3.12. The molecular formula is C11H18O2. The van der Waals surface area contributed by atoms with Gasteiger partial charge in [-0.15, -0.1) is 0 Å². The molecule has 2 nitrogen and oxygen atoms in total. The van der Waals surface area contributed by atoms with Crippen LogP contribution in [-0.2, 0) is 9.53 Å². The molecule has 0 fully saturated rings. The lowest BCUT2D eigenvalue weighted by molar-refractivity contribution is -0.137. The number of hydrogen-bond acceptors (Lipinski definition) is 2. The number of carbonyl (C=O) groups excluding carboxylic acids is 1. The number of ether oxygens (including phenoxy) is 1. The second-order valence-electron chi connectivity index (χ2n) is 4.60. The van der Waals surface area contributed by atoms with Crippen LogP contribution in [0.4, 0.5) is 0 Å². The van der Waals surface area contributed by atoms with Gasteiger partial charge in [-0.25, -0.2) is 0 Å². The van der Waals surface area contributed by atoms with Gasteiger partial charge in [0.15, 0.2) is 0 Å². The fraction of sp³-hybridized carbons (Fsp3) is 0.727. The predicted molar refractivity (Wildman–Crippen MR) is 52.1 cm³/mol. The van der Waals surface area contributed by atoms with Gasteiger partial charge in [-0.2, -0.15) is 0 Å². The Bertz CT molecular complexity index is 243. The molecule has 0 spiro atoms. The van der Waals surface area contributed by atoms with Crippen molar-refractivity contribution in [3.8, 4) is 0 Å². The number of rotatable bonds is 1. The molecular weight excluding hydrogens is 164 g/mol. The third-order valence-corrected chi connectivity index (χ3v) is 2.34. The summed E-state index contributed by atoms with van der Waals surface area (Å²) in [6.45, 7) is 7.96. The van der Waals surface area contributed by atoms with Gasteiger partial charge in [-0.05, 0) is 23.8 Å². The molecule has 1 aliphatic rings. The Morgan fingerprint density at radius 3 is 2.38 bits per heavy atom. The smallest absolute Gasteiger partial charge is 0.307 e. The lowest BCUT2D eigenvalue weighted by Gasteiger charge is -2.21. The number of esters is 1. The minimum Gasteiger partial charge on any atom is -0.431 e. The van der Waals surface area contributed by atoms with E-state index in [9.17, 15) is 4.79 Å². The monoisotopic (exact) mass is 182 g/mol. The third-order valence-electron chi connectivity index (χ3n) is 2.34. The SMILES string of the molecule is CC(=O)OC1=C(C(C)(C)C)CCC1. The van der Waals surface area contributed by atoms with Gasteiger partial charge in [0.25, 0.3) is 0 Å². The van der Waals surface area contributed by atoms with E-state index in [0.29, 0.717) is 0 Å². The molecule has 0 aromatic carbocycles. The highest BCUT2D eigenvalue weighted by molar-refractivity contribution is 5.67. The highest BCUT2D eigenvalue weighted by Gasteiger charge is 2.26. The first-order chi connectivity index (χ1) is 5.91. The molecule has 0 atom stereocenters. The first-order valence-electron chi connectivity index (χ1n) is 4.82. The summed E-state index contributed by atoms with van der Waals surface area (Å²) in [7, 11) is 0. The van der Waals surface area contributed by atoms with Crippen molar-refractivity contribution in [3.63, 3.8) is 0 Å². The Labute approximate surface area is 80.0 Å². The molecule has 0 aromatic rings. The lowest BCUT2D eigenvalue weighted by Crippen LogP contribution is -2.11. The molecule has 0 saturated heterocycles. The van der Waals surface area contributed by atoms with Gasteiger partial charge in [0.2, 0.25) is 0 Å². The van der Waals surface area contributed by atoms with Crippen molar-refractivity contribution in [2.45, 2.75) is 47.0 Å². The zero-order chi connectivity index (χ0) is 10.1. The van der Waals surface area contributed by atoms with Crippen LogP contribution in [0.5, 0.6) is 0 Å². The van der Waals surface area contributed by atoms with Crippen molar-refractivity contribution in [1.29, 1.82) is 0 Å². The van der Waals surface area contributed by atoms with E-state index in [1.165, 1.54) is 12.5 Å². The maximum atomic E-state index is 10.8. The highest BCUT2D eigenvalue weighted by atomic mass is 16.5. The highest BCUT2D eigenvalue weighted by Crippen LogP contribution is 2.38. The number of hydrogen-bond donors (Lipinski definition) is 0. The average molecular weight is 182 g/mol. The largest absolute Gasteiger partial charge is 0.431 e. The van der Waals surface area contributed by atoms with E-state index in [-0.39, 0.29) is 11.4 Å². The summed E-state index contributed by atoms with van der Waals surface area (Å²) >= 11 is 0. The second-order valence-corrected chi connectivity index (χ2v) is 4.60. The average Bonchev–Trinajstić information content (AvgIpc) is 2.31. The molecule has 74 valence electrons. The van der Waals surface area contributed by atoms with E-state index in [1.807, 2.05) is 0 Å². The standard InChI is InChI=1S/C11H18O2/c1-8(12)13-10-7-5-6-9(10)11(2,3)4/h5-7H2,1-4H3. The quantitative estimate of drug-likeness (QED) is 0.583. The van der Waals surface area contributed by atoms with Crippen molar-refractivity contribution < 1.29 is 9.53 Å². The van der Waals surface area contributed by atoms with Crippen LogP contribution in [0.2, 0.25) is 0 Å². The van der Waals surface area contributed by atoms with E-state index in [4.69, 9.17) is 4.74 Å². The Balaban J connectivity index is 2.83. The van der Waals surface area contributed by atoms with E-state index in [2.05, 4.69) is 20.8 Å². The summed E-state index contributed by atoms with van der Waals surface area (Å²) in [6, 6.07) is 0. The summed E-state index contributed by atoms with van der Waals surface area (Å²) in [5, 5.41) is 0.